The fourth-order valence-electron chi connectivity index (χ4n) is 0.966. The summed E-state index contributed by atoms with van der Waals surface area (Å²) in [5, 5.41) is 7.88. The first-order valence-electron chi connectivity index (χ1n) is 3.58. The van der Waals surface area contributed by atoms with Crippen LogP contribution in [0.25, 0.3) is 0 Å². The molecule has 0 aromatic carbocycles. The molecule has 0 aliphatic rings. The van der Waals surface area contributed by atoms with Crippen LogP contribution in [0.1, 0.15) is 20.8 Å². The van der Waals surface area contributed by atoms with E-state index in [2.05, 4.69) is 5.32 Å². The van der Waals surface area contributed by atoms with Crippen molar-refractivity contribution in [1.82, 2.24) is 5.32 Å². The average molecular weight is 180 g/mol. The summed E-state index contributed by atoms with van der Waals surface area (Å²) in [5.74, 6) is -0.00875. The van der Waals surface area contributed by atoms with Crippen LogP contribution in [-0.2, 0) is 10.0 Å². The molecule has 0 radical (unpaired) electrons. The normalized spacial score (nSPS) is 15.4. The Balaban J connectivity index is 3.80. The SMILES string of the molecule is CC(C)N[C@@H](C)CS(N)(=O)=O. The predicted octanol–water partition coefficient (Wildman–Crippen LogP) is -0.339. The Bertz CT molecular complexity index is 199. The van der Waals surface area contributed by atoms with Crippen LogP contribution in [0.15, 0.2) is 0 Å². The van der Waals surface area contributed by atoms with Gasteiger partial charge in [-0.25, -0.2) is 13.6 Å². The first-order chi connectivity index (χ1) is 4.81. The summed E-state index contributed by atoms with van der Waals surface area (Å²) >= 11 is 0. The summed E-state index contributed by atoms with van der Waals surface area (Å²) < 4.78 is 21.1. The molecule has 0 heterocycles. The standard InChI is InChI=1S/C6H16N2O2S/c1-5(2)8-6(3)4-11(7,9)10/h5-6,8H,4H2,1-3H3,(H2,7,9,10)/t6-/m0/s1. The molecule has 0 rings (SSSR count). The summed E-state index contributed by atoms with van der Waals surface area (Å²) in [6, 6.07) is 0.205. The first kappa shape index (κ1) is 10.9. The van der Waals surface area contributed by atoms with Crippen LogP contribution in [0.2, 0.25) is 0 Å². The molecular formula is C6H16N2O2S. The number of primary sulfonamides is 1. The molecule has 0 bridgehead atoms. The first-order valence-corrected chi connectivity index (χ1v) is 5.29. The van der Waals surface area contributed by atoms with E-state index in [-0.39, 0.29) is 17.8 Å². The van der Waals surface area contributed by atoms with Gasteiger partial charge >= 0.3 is 0 Å². The van der Waals surface area contributed by atoms with Crippen molar-refractivity contribution < 1.29 is 8.42 Å². The van der Waals surface area contributed by atoms with Gasteiger partial charge in [0.1, 0.15) is 0 Å². The van der Waals surface area contributed by atoms with Crippen LogP contribution in [0, 0.1) is 0 Å². The van der Waals surface area contributed by atoms with Crippen molar-refractivity contribution in [3.63, 3.8) is 0 Å². The lowest BCUT2D eigenvalue weighted by Gasteiger charge is -2.14. The Morgan fingerprint density at radius 2 is 1.82 bits per heavy atom. The molecule has 11 heavy (non-hydrogen) atoms. The quantitative estimate of drug-likeness (QED) is 0.622. The van der Waals surface area contributed by atoms with Crippen LogP contribution >= 0.6 is 0 Å². The van der Waals surface area contributed by atoms with Gasteiger partial charge in [-0.15, -0.1) is 0 Å². The average Bonchev–Trinajstić information content (AvgIpc) is 1.53. The minimum absolute atomic E-state index is 0.00875. The molecule has 0 aliphatic heterocycles. The molecule has 5 heteroatoms. The smallest absolute Gasteiger partial charge is 0.210 e. The molecule has 0 fully saturated rings. The number of sulfonamides is 1. The Morgan fingerprint density at radius 3 is 2.09 bits per heavy atom. The van der Waals surface area contributed by atoms with Crippen molar-refractivity contribution in [2.75, 3.05) is 5.75 Å². The van der Waals surface area contributed by atoms with Gasteiger partial charge in [0.2, 0.25) is 10.0 Å². The van der Waals surface area contributed by atoms with Crippen LogP contribution in [0.3, 0.4) is 0 Å². The summed E-state index contributed by atoms with van der Waals surface area (Å²) in [5.41, 5.74) is 0. The summed E-state index contributed by atoms with van der Waals surface area (Å²) in [6.45, 7) is 5.71. The van der Waals surface area contributed by atoms with Gasteiger partial charge in [-0.1, -0.05) is 13.8 Å². The largest absolute Gasteiger partial charge is 0.311 e. The predicted molar refractivity (Wildman–Crippen MR) is 45.7 cm³/mol. The van der Waals surface area contributed by atoms with Crippen molar-refractivity contribution in [1.29, 1.82) is 0 Å². The molecule has 0 spiro atoms. The highest BCUT2D eigenvalue weighted by molar-refractivity contribution is 7.89. The van der Waals surface area contributed by atoms with Gasteiger partial charge in [-0.2, -0.15) is 0 Å². The summed E-state index contributed by atoms with van der Waals surface area (Å²) in [6.07, 6.45) is 0. The van der Waals surface area contributed by atoms with E-state index in [4.69, 9.17) is 5.14 Å². The maximum absolute atomic E-state index is 10.6. The highest BCUT2D eigenvalue weighted by Gasteiger charge is 2.10. The van der Waals surface area contributed by atoms with Gasteiger partial charge in [-0.3, -0.25) is 0 Å². The molecule has 0 unspecified atom stereocenters. The zero-order chi connectivity index (χ0) is 9.07. The molecule has 3 N–H and O–H groups in total. The third-order valence-electron chi connectivity index (χ3n) is 1.10. The van der Waals surface area contributed by atoms with Gasteiger partial charge in [-0.05, 0) is 6.92 Å². The van der Waals surface area contributed by atoms with E-state index in [0.29, 0.717) is 0 Å². The zero-order valence-electron chi connectivity index (χ0n) is 7.16. The molecule has 4 nitrogen and oxygen atoms in total. The second-order valence-electron chi connectivity index (χ2n) is 3.05. The van der Waals surface area contributed by atoms with Crippen molar-refractivity contribution in [3.05, 3.63) is 0 Å². The van der Waals surface area contributed by atoms with Gasteiger partial charge in [0.25, 0.3) is 0 Å². The van der Waals surface area contributed by atoms with Crippen molar-refractivity contribution >= 4 is 10.0 Å². The molecule has 0 saturated heterocycles. The number of hydrogen-bond donors (Lipinski definition) is 2. The van der Waals surface area contributed by atoms with Crippen LogP contribution in [0.4, 0.5) is 0 Å². The maximum atomic E-state index is 10.6. The lowest BCUT2D eigenvalue weighted by atomic mass is 10.3. The number of nitrogens with two attached hydrogens (primary N) is 1. The topological polar surface area (TPSA) is 72.2 Å². The van der Waals surface area contributed by atoms with Crippen LogP contribution < -0.4 is 10.5 Å². The lowest BCUT2D eigenvalue weighted by Crippen LogP contribution is -2.39. The van der Waals surface area contributed by atoms with Crippen molar-refractivity contribution in [3.8, 4) is 0 Å². The molecule has 1 atom stereocenters. The third-order valence-corrected chi connectivity index (χ3v) is 2.06. The Labute approximate surface area is 68.2 Å². The monoisotopic (exact) mass is 180 g/mol. The molecule has 0 aliphatic carbocycles. The van der Waals surface area contributed by atoms with E-state index in [1.165, 1.54) is 0 Å². The second-order valence-corrected chi connectivity index (χ2v) is 4.71. The molecular weight excluding hydrogens is 164 g/mol. The van der Waals surface area contributed by atoms with Crippen LogP contribution in [0.5, 0.6) is 0 Å². The molecule has 0 aromatic heterocycles. The summed E-state index contributed by atoms with van der Waals surface area (Å²) in [4.78, 5) is 0. The number of hydrogen-bond acceptors (Lipinski definition) is 3. The van der Waals surface area contributed by atoms with Gasteiger partial charge in [0, 0.05) is 12.1 Å². The third kappa shape index (κ3) is 7.77. The van der Waals surface area contributed by atoms with Crippen LogP contribution in [-0.4, -0.2) is 26.3 Å². The fraction of sp³-hybridized carbons (Fsp3) is 1.00. The minimum atomic E-state index is -3.33. The van der Waals surface area contributed by atoms with Crippen molar-refractivity contribution in [2.45, 2.75) is 32.9 Å². The Kier molecular flexibility index (Phi) is 3.99. The highest BCUT2D eigenvalue weighted by Crippen LogP contribution is 1.89. The minimum Gasteiger partial charge on any atom is -0.311 e. The number of rotatable bonds is 4. The zero-order valence-corrected chi connectivity index (χ0v) is 7.98. The number of nitrogens with one attached hydrogen (secondary N) is 1. The Morgan fingerprint density at radius 1 is 1.36 bits per heavy atom. The van der Waals surface area contributed by atoms with E-state index in [9.17, 15) is 8.42 Å². The van der Waals surface area contributed by atoms with E-state index < -0.39 is 10.0 Å². The van der Waals surface area contributed by atoms with E-state index in [1.807, 2.05) is 13.8 Å². The second kappa shape index (κ2) is 4.04. The van der Waals surface area contributed by atoms with Crippen molar-refractivity contribution in [2.24, 2.45) is 5.14 Å². The lowest BCUT2D eigenvalue weighted by molar-refractivity contribution is 0.510. The van der Waals surface area contributed by atoms with E-state index in [0.717, 1.165) is 0 Å². The van der Waals surface area contributed by atoms with Gasteiger partial charge < -0.3 is 5.32 Å². The van der Waals surface area contributed by atoms with E-state index >= 15 is 0 Å². The highest BCUT2D eigenvalue weighted by atomic mass is 32.2. The van der Waals surface area contributed by atoms with Gasteiger partial charge in [0.05, 0.1) is 5.75 Å². The van der Waals surface area contributed by atoms with E-state index in [1.54, 1.807) is 6.92 Å². The Hall–Kier alpha value is -0.130. The molecule has 68 valence electrons. The van der Waals surface area contributed by atoms with Gasteiger partial charge in [0.15, 0.2) is 0 Å². The molecule has 0 aromatic rings. The molecule has 0 amide bonds. The fourth-order valence-corrected chi connectivity index (χ4v) is 1.76. The summed E-state index contributed by atoms with van der Waals surface area (Å²) in [7, 11) is -3.33. The molecule has 0 saturated carbocycles. The maximum Gasteiger partial charge on any atom is 0.210 e.